The Balaban J connectivity index is 2.15. The van der Waals surface area contributed by atoms with E-state index in [1.807, 2.05) is 24.3 Å². The van der Waals surface area contributed by atoms with E-state index in [-0.39, 0.29) is 0 Å². The molecule has 1 heteroatoms. The molecule has 0 aliphatic carbocycles. The van der Waals surface area contributed by atoms with E-state index in [9.17, 15) is 0 Å². The van der Waals surface area contributed by atoms with Gasteiger partial charge in [0.2, 0.25) is 0 Å². The molecule has 0 N–H and O–H groups in total. The van der Waals surface area contributed by atoms with Crippen LogP contribution < -0.4 is 4.74 Å². The third kappa shape index (κ3) is 4.31. The van der Waals surface area contributed by atoms with Crippen LogP contribution in [0.3, 0.4) is 0 Å². The van der Waals surface area contributed by atoms with Crippen LogP contribution in [0.25, 0.3) is 0 Å². The van der Waals surface area contributed by atoms with Crippen LogP contribution in [0.15, 0.2) is 24.3 Å². The molecule has 0 aliphatic rings. The van der Waals surface area contributed by atoms with Gasteiger partial charge in [0.25, 0.3) is 0 Å². The minimum atomic E-state index is 0.830. The lowest BCUT2D eigenvalue weighted by Crippen LogP contribution is -1.96. The standard InChI is InChI=1S/C13H19O/c1-3-4-5-6-11-14-13-9-7-12(2)8-10-13/h7-10H,2-6,11H2,1H3. The maximum atomic E-state index is 5.58. The van der Waals surface area contributed by atoms with Crippen LogP contribution in [0.5, 0.6) is 5.75 Å². The summed E-state index contributed by atoms with van der Waals surface area (Å²) in [4.78, 5) is 0. The normalized spacial score (nSPS) is 10.1. The van der Waals surface area contributed by atoms with Crippen LogP contribution in [0.2, 0.25) is 0 Å². The molecule has 0 aromatic heterocycles. The second-order valence-corrected chi connectivity index (χ2v) is 3.55. The largest absolute Gasteiger partial charge is 0.494 e. The molecule has 0 heterocycles. The topological polar surface area (TPSA) is 9.23 Å². The predicted molar refractivity (Wildman–Crippen MR) is 60.5 cm³/mol. The molecule has 77 valence electrons. The first-order chi connectivity index (χ1) is 6.83. The maximum absolute atomic E-state index is 5.58. The quantitative estimate of drug-likeness (QED) is 0.621. The number of hydrogen-bond donors (Lipinski definition) is 0. The van der Waals surface area contributed by atoms with Gasteiger partial charge in [-0.25, -0.2) is 0 Å². The molecule has 1 rings (SSSR count). The third-order valence-electron chi connectivity index (χ3n) is 2.19. The number of benzene rings is 1. The minimum Gasteiger partial charge on any atom is -0.494 e. The Kier molecular flexibility index (Phi) is 5.13. The molecule has 0 aliphatic heterocycles. The van der Waals surface area contributed by atoms with Crippen LogP contribution >= 0.6 is 0 Å². The molecular weight excluding hydrogens is 172 g/mol. The fraction of sp³-hybridized carbons (Fsp3) is 0.462. The Labute approximate surface area is 87.1 Å². The molecule has 0 unspecified atom stereocenters. The first kappa shape index (κ1) is 11.1. The molecule has 1 aromatic carbocycles. The molecule has 0 spiro atoms. The highest BCUT2D eigenvalue weighted by atomic mass is 16.5. The van der Waals surface area contributed by atoms with Gasteiger partial charge in [-0.15, -0.1) is 0 Å². The summed E-state index contributed by atoms with van der Waals surface area (Å²) in [5, 5.41) is 0. The number of rotatable bonds is 6. The second-order valence-electron chi connectivity index (χ2n) is 3.55. The fourth-order valence-corrected chi connectivity index (χ4v) is 1.30. The zero-order valence-electron chi connectivity index (χ0n) is 8.96. The van der Waals surface area contributed by atoms with E-state index in [1.54, 1.807) is 0 Å². The lowest BCUT2D eigenvalue weighted by atomic mass is 10.2. The molecule has 0 saturated heterocycles. The van der Waals surface area contributed by atoms with Crippen molar-refractivity contribution in [2.45, 2.75) is 32.6 Å². The molecule has 14 heavy (non-hydrogen) atoms. The van der Waals surface area contributed by atoms with Gasteiger partial charge in [-0.1, -0.05) is 38.3 Å². The summed E-state index contributed by atoms with van der Waals surface area (Å²) in [6, 6.07) is 7.90. The van der Waals surface area contributed by atoms with Crippen molar-refractivity contribution in [3.05, 3.63) is 36.8 Å². The monoisotopic (exact) mass is 191 g/mol. The Morgan fingerprint density at radius 2 is 1.79 bits per heavy atom. The molecule has 1 radical (unpaired) electrons. The summed E-state index contributed by atoms with van der Waals surface area (Å²) in [7, 11) is 0. The predicted octanol–water partition coefficient (Wildman–Crippen LogP) is 3.83. The first-order valence-corrected chi connectivity index (χ1v) is 5.37. The van der Waals surface area contributed by atoms with Gasteiger partial charge in [0.15, 0.2) is 0 Å². The van der Waals surface area contributed by atoms with Crippen molar-refractivity contribution in [1.29, 1.82) is 0 Å². The lowest BCUT2D eigenvalue weighted by Gasteiger charge is -2.05. The molecule has 0 saturated carbocycles. The van der Waals surface area contributed by atoms with Gasteiger partial charge in [-0.3, -0.25) is 0 Å². The zero-order chi connectivity index (χ0) is 10.2. The van der Waals surface area contributed by atoms with E-state index < -0.39 is 0 Å². The average molecular weight is 191 g/mol. The summed E-state index contributed by atoms with van der Waals surface area (Å²) in [6.07, 6.45) is 5.00. The molecule has 1 nitrogen and oxygen atoms in total. The van der Waals surface area contributed by atoms with Gasteiger partial charge < -0.3 is 4.74 Å². The molecule has 0 bridgehead atoms. The summed E-state index contributed by atoms with van der Waals surface area (Å²) < 4.78 is 5.58. The van der Waals surface area contributed by atoms with Gasteiger partial charge in [-0.2, -0.15) is 0 Å². The highest BCUT2D eigenvalue weighted by Gasteiger charge is 1.92. The maximum Gasteiger partial charge on any atom is 0.119 e. The van der Waals surface area contributed by atoms with E-state index in [0.29, 0.717) is 0 Å². The Bertz CT molecular complexity index is 238. The van der Waals surface area contributed by atoms with E-state index in [2.05, 4.69) is 13.8 Å². The Morgan fingerprint density at radius 3 is 2.43 bits per heavy atom. The number of hydrogen-bond acceptors (Lipinski definition) is 1. The highest BCUT2D eigenvalue weighted by molar-refractivity contribution is 5.28. The van der Waals surface area contributed by atoms with Gasteiger partial charge >= 0.3 is 0 Å². The van der Waals surface area contributed by atoms with E-state index in [0.717, 1.165) is 24.3 Å². The van der Waals surface area contributed by atoms with Crippen molar-refractivity contribution in [3.8, 4) is 5.75 Å². The summed E-state index contributed by atoms with van der Waals surface area (Å²) in [5.74, 6) is 0.953. The summed E-state index contributed by atoms with van der Waals surface area (Å²) in [6.45, 7) is 6.87. The van der Waals surface area contributed by atoms with Gasteiger partial charge in [0.05, 0.1) is 6.61 Å². The van der Waals surface area contributed by atoms with Crippen molar-refractivity contribution in [2.24, 2.45) is 0 Å². The van der Waals surface area contributed by atoms with Gasteiger partial charge in [0, 0.05) is 0 Å². The molecule has 0 fully saturated rings. The SMILES string of the molecule is [CH2]c1ccc(OCCCCCC)cc1. The lowest BCUT2D eigenvalue weighted by molar-refractivity contribution is 0.305. The smallest absolute Gasteiger partial charge is 0.119 e. The minimum absolute atomic E-state index is 0.830. The van der Waals surface area contributed by atoms with E-state index in [1.165, 1.54) is 19.3 Å². The van der Waals surface area contributed by atoms with Crippen LogP contribution in [0, 0.1) is 6.92 Å². The van der Waals surface area contributed by atoms with Crippen LogP contribution in [-0.2, 0) is 0 Å². The number of ether oxygens (including phenoxy) is 1. The van der Waals surface area contributed by atoms with Crippen molar-refractivity contribution in [2.75, 3.05) is 6.61 Å². The molecular formula is C13H19O. The average Bonchev–Trinajstić information content (AvgIpc) is 2.21. The molecule has 1 aromatic rings. The summed E-state index contributed by atoms with van der Waals surface area (Å²) in [5.41, 5.74) is 1.03. The first-order valence-electron chi connectivity index (χ1n) is 5.37. The van der Waals surface area contributed by atoms with E-state index in [4.69, 9.17) is 4.74 Å². The van der Waals surface area contributed by atoms with E-state index >= 15 is 0 Å². The third-order valence-corrected chi connectivity index (χ3v) is 2.19. The molecule has 0 amide bonds. The van der Waals surface area contributed by atoms with Crippen molar-refractivity contribution in [1.82, 2.24) is 0 Å². The van der Waals surface area contributed by atoms with Crippen molar-refractivity contribution < 1.29 is 4.74 Å². The van der Waals surface area contributed by atoms with Gasteiger partial charge in [-0.05, 0) is 31.0 Å². The fourth-order valence-electron chi connectivity index (χ4n) is 1.30. The molecule has 0 atom stereocenters. The van der Waals surface area contributed by atoms with Crippen molar-refractivity contribution >= 4 is 0 Å². The van der Waals surface area contributed by atoms with Crippen LogP contribution in [0.1, 0.15) is 38.2 Å². The Hall–Kier alpha value is -0.980. The number of unbranched alkanes of at least 4 members (excludes halogenated alkanes) is 3. The highest BCUT2D eigenvalue weighted by Crippen LogP contribution is 2.12. The summed E-state index contributed by atoms with van der Waals surface area (Å²) >= 11 is 0. The van der Waals surface area contributed by atoms with Gasteiger partial charge in [0.1, 0.15) is 5.75 Å². The van der Waals surface area contributed by atoms with Crippen LogP contribution in [0.4, 0.5) is 0 Å². The Morgan fingerprint density at radius 1 is 1.07 bits per heavy atom. The van der Waals surface area contributed by atoms with Crippen LogP contribution in [-0.4, -0.2) is 6.61 Å². The zero-order valence-corrected chi connectivity index (χ0v) is 8.96. The second kappa shape index (κ2) is 6.47. The van der Waals surface area contributed by atoms with Crippen molar-refractivity contribution in [3.63, 3.8) is 0 Å².